The summed E-state index contributed by atoms with van der Waals surface area (Å²) in [6, 6.07) is 70.8. The zero-order chi connectivity index (χ0) is 36.1. The highest BCUT2D eigenvalue weighted by molar-refractivity contribution is 6.26. The highest BCUT2D eigenvalue weighted by Gasteiger charge is 2.53. The molecule has 0 saturated heterocycles. The standard InChI is InChI=1S/C53H32N2/c1-3-16-33(17-4-1)49-32-50(55-52(54-49)34-18-5-2-6-19-34)42-27-15-26-41-39-24-11-13-28-46(39)53(51(41)42)47-29-14-12-25-40(47)45-30-43-37-22-9-7-20-35(37)36-21-8-10-23-38(36)44(43)31-48(45)53/h1-32H. The Morgan fingerprint density at radius 2 is 0.764 bits per heavy atom. The third kappa shape index (κ3) is 4.14. The zero-order valence-corrected chi connectivity index (χ0v) is 29.9. The Morgan fingerprint density at radius 1 is 0.291 bits per heavy atom. The average molecular weight is 697 g/mol. The van der Waals surface area contributed by atoms with Crippen LogP contribution in [0.25, 0.3) is 88.5 Å². The van der Waals surface area contributed by atoms with Crippen molar-refractivity contribution in [2.45, 2.75) is 5.41 Å². The van der Waals surface area contributed by atoms with Gasteiger partial charge in [-0.3, -0.25) is 0 Å². The molecule has 55 heavy (non-hydrogen) atoms. The van der Waals surface area contributed by atoms with E-state index in [9.17, 15) is 0 Å². The lowest BCUT2D eigenvalue weighted by Crippen LogP contribution is -2.26. The number of fused-ring (bicyclic) bond motifs is 16. The van der Waals surface area contributed by atoms with Gasteiger partial charge in [-0.05, 0) is 95.0 Å². The van der Waals surface area contributed by atoms with Gasteiger partial charge in [-0.2, -0.15) is 0 Å². The minimum Gasteiger partial charge on any atom is -0.228 e. The first-order chi connectivity index (χ1) is 27.3. The van der Waals surface area contributed by atoms with Gasteiger partial charge in [-0.15, -0.1) is 0 Å². The van der Waals surface area contributed by atoms with E-state index in [2.05, 4.69) is 188 Å². The summed E-state index contributed by atoms with van der Waals surface area (Å²) < 4.78 is 0. The van der Waals surface area contributed by atoms with Crippen LogP contribution in [0.5, 0.6) is 0 Å². The largest absolute Gasteiger partial charge is 0.228 e. The average Bonchev–Trinajstić information content (AvgIpc) is 3.73. The van der Waals surface area contributed by atoms with E-state index in [4.69, 9.17) is 9.97 Å². The Labute approximate surface area is 319 Å². The summed E-state index contributed by atoms with van der Waals surface area (Å²) in [5, 5.41) is 7.70. The lowest BCUT2D eigenvalue weighted by atomic mass is 9.68. The summed E-state index contributed by atoms with van der Waals surface area (Å²) in [4.78, 5) is 10.6. The van der Waals surface area contributed by atoms with E-state index in [1.807, 2.05) is 6.07 Å². The van der Waals surface area contributed by atoms with Crippen molar-refractivity contribution in [3.63, 3.8) is 0 Å². The first kappa shape index (κ1) is 30.3. The number of nitrogens with zero attached hydrogens (tertiary/aromatic N) is 2. The normalized spacial score (nSPS) is 15.0. The lowest BCUT2D eigenvalue weighted by Gasteiger charge is -2.32. The van der Waals surface area contributed by atoms with E-state index in [1.54, 1.807) is 0 Å². The molecule has 1 aromatic heterocycles. The van der Waals surface area contributed by atoms with Gasteiger partial charge in [-0.25, -0.2) is 9.97 Å². The summed E-state index contributed by atoms with van der Waals surface area (Å²) in [6.45, 7) is 0. The van der Waals surface area contributed by atoms with Crippen molar-refractivity contribution in [1.82, 2.24) is 9.97 Å². The summed E-state index contributed by atoms with van der Waals surface area (Å²) >= 11 is 0. The van der Waals surface area contributed by atoms with Crippen molar-refractivity contribution in [2.75, 3.05) is 0 Å². The summed E-state index contributed by atoms with van der Waals surface area (Å²) in [6.07, 6.45) is 0. The van der Waals surface area contributed by atoms with Gasteiger partial charge in [0.2, 0.25) is 0 Å². The Hall–Kier alpha value is -7.16. The second-order valence-corrected chi connectivity index (χ2v) is 14.8. The van der Waals surface area contributed by atoms with Crippen molar-refractivity contribution in [1.29, 1.82) is 0 Å². The molecule has 0 aliphatic heterocycles. The van der Waals surface area contributed by atoms with E-state index in [0.717, 1.165) is 33.9 Å². The molecule has 254 valence electrons. The van der Waals surface area contributed by atoms with E-state index < -0.39 is 5.41 Å². The number of rotatable bonds is 3. The van der Waals surface area contributed by atoms with E-state index >= 15 is 0 Å². The first-order valence-corrected chi connectivity index (χ1v) is 19.0. The van der Waals surface area contributed by atoms with Gasteiger partial charge in [0.05, 0.1) is 16.8 Å². The maximum atomic E-state index is 5.42. The molecule has 1 spiro atoms. The van der Waals surface area contributed by atoms with Crippen molar-refractivity contribution in [3.8, 4) is 56.2 Å². The molecule has 0 amide bonds. The monoisotopic (exact) mass is 696 g/mol. The van der Waals surface area contributed by atoms with Crippen molar-refractivity contribution < 1.29 is 0 Å². The van der Waals surface area contributed by atoms with Crippen LogP contribution in [0.15, 0.2) is 194 Å². The molecular formula is C53H32N2. The minimum atomic E-state index is -0.569. The van der Waals surface area contributed by atoms with Gasteiger partial charge in [0.1, 0.15) is 0 Å². The van der Waals surface area contributed by atoms with Gasteiger partial charge < -0.3 is 0 Å². The SMILES string of the molecule is c1ccc(-c2cc(-c3cccc4c3C3(c5ccccc5-c5cc6c7ccccc7c7ccccc7c6cc53)c3ccccc3-4)nc(-c3ccccc3)n2)cc1. The molecule has 2 aliphatic rings. The fourth-order valence-electron chi connectivity index (χ4n) is 9.87. The molecule has 1 atom stereocenters. The molecule has 0 bridgehead atoms. The molecule has 9 aromatic carbocycles. The molecule has 2 heteroatoms. The van der Waals surface area contributed by atoms with Crippen LogP contribution in [-0.2, 0) is 5.41 Å². The second-order valence-electron chi connectivity index (χ2n) is 14.8. The Balaban J connectivity index is 1.23. The number of hydrogen-bond donors (Lipinski definition) is 0. The smallest absolute Gasteiger partial charge is 0.160 e. The van der Waals surface area contributed by atoms with Crippen molar-refractivity contribution in [2.24, 2.45) is 0 Å². The molecule has 12 rings (SSSR count). The minimum absolute atomic E-state index is 0.569. The molecule has 1 unspecified atom stereocenters. The number of aromatic nitrogens is 2. The van der Waals surface area contributed by atoms with Crippen LogP contribution >= 0.6 is 0 Å². The Morgan fingerprint density at radius 3 is 1.42 bits per heavy atom. The molecule has 2 aliphatic carbocycles. The van der Waals surface area contributed by atoms with Crippen LogP contribution in [0, 0.1) is 0 Å². The summed E-state index contributed by atoms with van der Waals surface area (Å²) in [7, 11) is 0. The number of benzene rings is 9. The fraction of sp³-hybridized carbons (Fsp3) is 0.0189. The van der Waals surface area contributed by atoms with Crippen LogP contribution in [0.2, 0.25) is 0 Å². The summed E-state index contributed by atoms with van der Waals surface area (Å²) in [5.74, 6) is 0.718. The molecule has 0 saturated carbocycles. The maximum Gasteiger partial charge on any atom is 0.160 e. The van der Waals surface area contributed by atoms with Crippen molar-refractivity contribution in [3.05, 3.63) is 216 Å². The molecule has 0 radical (unpaired) electrons. The number of hydrogen-bond acceptors (Lipinski definition) is 2. The van der Waals surface area contributed by atoms with E-state index in [-0.39, 0.29) is 0 Å². The van der Waals surface area contributed by atoms with Gasteiger partial charge >= 0.3 is 0 Å². The molecule has 0 N–H and O–H groups in total. The van der Waals surface area contributed by atoms with Gasteiger partial charge in [-0.1, -0.05) is 176 Å². The maximum absolute atomic E-state index is 5.42. The molecule has 1 heterocycles. The Kier molecular flexibility index (Phi) is 6.29. The lowest BCUT2D eigenvalue weighted by molar-refractivity contribution is 0.796. The van der Waals surface area contributed by atoms with Gasteiger partial charge in [0, 0.05) is 16.7 Å². The third-order valence-electron chi connectivity index (χ3n) is 12.1. The van der Waals surface area contributed by atoms with Crippen LogP contribution in [0.3, 0.4) is 0 Å². The highest BCUT2D eigenvalue weighted by atomic mass is 14.9. The van der Waals surface area contributed by atoms with Crippen LogP contribution in [-0.4, -0.2) is 9.97 Å². The van der Waals surface area contributed by atoms with E-state index in [0.29, 0.717) is 0 Å². The zero-order valence-electron chi connectivity index (χ0n) is 29.9. The van der Waals surface area contributed by atoms with Gasteiger partial charge in [0.15, 0.2) is 5.82 Å². The molecule has 2 nitrogen and oxygen atoms in total. The Bertz CT molecular complexity index is 3140. The quantitative estimate of drug-likeness (QED) is 0.172. The van der Waals surface area contributed by atoms with Crippen molar-refractivity contribution >= 4 is 32.3 Å². The molecule has 10 aromatic rings. The fourth-order valence-corrected chi connectivity index (χ4v) is 9.87. The molecule has 0 fully saturated rings. The predicted octanol–water partition coefficient (Wildman–Crippen LogP) is 13.3. The summed E-state index contributed by atoms with van der Waals surface area (Å²) in [5.41, 5.74) is 14.8. The van der Waals surface area contributed by atoms with Crippen LogP contribution in [0.4, 0.5) is 0 Å². The second kappa shape index (κ2) is 11.4. The molecular weight excluding hydrogens is 665 g/mol. The topological polar surface area (TPSA) is 25.8 Å². The van der Waals surface area contributed by atoms with Crippen LogP contribution in [0.1, 0.15) is 22.3 Å². The predicted molar refractivity (Wildman–Crippen MR) is 227 cm³/mol. The van der Waals surface area contributed by atoms with Gasteiger partial charge in [0.25, 0.3) is 0 Å². The van der Waals surface area contributed by atoms with E-state index in [1.165, 1.54) is 76.8 Å². The van der Waals surface area contributed by atoms with Crippen LogP contribution < -0.4 is 0 Å². The first-order valence-electron chi connectivity index (χ1n) is 19.0. The highest BCUT2D eigenvalue weighted by Crippen LogP contribution is 2.65. The third-order valence-corrected chi connectivity index (χ3v) is 12.1.